The van der Waals surface area contributed by atoms with E-state index in [1.165, 1.54) is 0 Å². The molecule has 10 atom stereocenters. The summed E-state index contributed by atoms with van der Waals surface area (Å²) in [6, 6.07) is 0. The smallest absolute Gasteiger partial charge is 0.332 e. The highest BCUT2D eigenvalue weighted by molar-refractivity contribution is 5.71. The highest BCUT2D eigenvalue weighted by Crippen LogP contribution is 2.35. The molecular weight excluding hydrogens is 704 g/mol. The van der Waals surface area contributed by atoms with Gasteiger partial charge >= 0.3 is 47.8 Å². The Morgan fingerprint density at radius 2 is 0.846 bits per heavy atom. The molecule has 20 nitrogen and oxygen atoms in total. The Bertz CT molecular complexity index is 1320. The molecule has 0 aromatic rings. The van der Waals surface area contributed by atoms with E-state index < -0.39 is 135 Å². The molecule has 0 bridgehead atoms. The van der Waals surface area contributed by atoms with Gasteiger partial charge in [0, 0.05) is 48.5 Å². The minimum Gasteiger partial charge on any atom is -0.463 e. The van der Waals surface area contributed by atoms with Crippen LogP contribution >= 0.6 is 0 Å². The quantitative estimate of drug-likeness (QED) is 0.167. The van der Waals surface area contributed by atoms with Crippen molar-refractivity contribution in [2.75, 3.05) is 19.8 Å². The van der Waals surface area contributed by atoms with Gasteiger partial charge in [0.25, 0.3) is 0 Å². The predicted octanol–water partition coefficient (Wildman–Crippen LogP) is -0.0356. The van der Waals surface area contributed by atoms with E-state index in [1.54, 1.807) is 20.8 Å². The molecule has 0 saturated carbocycles. The van der Waals surface area contributed by atoms with Gasteiger partial charge in [0.15, 0.2) is 43.1 Å². The summed E-state index contributed by atoms with van der Waals surface area (Å²) in [5.41, 5.74) is -0.898. The van der Waals surface area contributed by atoms with Crippen LogP contribution in [0.1, 0.15) is 69.2 Å². The number of carbonyl (C=O) groups excluding carboxylic acids is 8. The van der Waals surface area contributed by atoms with Crippen molar-refractivity contribution in [3.63, 3.8) is 0 Å². The summed E-state index contributed by atoms with van der Waals surface area (Å²) in [7, 11) is 0. The van der Waals surface area contributed by atoms with E-state index >= 15 is 0 Å². The molecule has 0 aromatic carbocycles. The van der Waals surface area contributed by atoms with Crippen molar-refractivity contribution in [1.29, 1.82) is 0 Å². The SMILES string of the molecule is CC(=O)OC[C@H]1O[C@@H](O[C@H]2[C@H](OC(C)=O)[C@@H](OC(C)=O)[C@@H](OCC(=O)OC(C)(C)C)O[C@@H]2COC(C)=O)[C@H](OC(C)=O)[C@@H](OC(C)=O)[C@@H]1OC(C)=O. The van der Waals surface area contributed by atoms with Gasteiger partial charge in [-0.1, -0.05) is 0 Å². The molecule has 2 saturated heterocycles. The van der Waals surface area contributed by atoms with Crippen molar-refractivity contribution < 1.29 is 95.2 Å². The van der Waals surface area contributed by atoms with E-state index in [4.69, 9.17) is 56.8 Å². The molecule has 2 heterocycles. The molecular formula is C32H46O20. The Balaban J connectivity index is 2.71. The molecule has 2 aliphatic heterocycles. The van der Waals surface area contributed by atoms with Gasteiger partial charge in [-0.05, 0) is 20.8 Å². The van der Waals surface area contributed by atoms with Crippen LogP contribution < -0.4 is 0 Å². The van der Waals surface area contributed by atoms with Gasteiger partial charge in [0.05, 0.1) is 0 Å². The lowest BCUT2D eigenvalue weighted by molar-refractivity contribution is -0.360. The zero-order valence-corrected chi connectivity index (χ0v) is 30.6. The zero-order chi connectivity index (χ0) is 39.5. The topological polar surface area (TPSA) is 247 Å². The molecule has 0 radical (unpaired) electrons. The molecule has 2 rings (SSSR count). The second-order valence-electron chi connectivity index (χ2n) is 12.6. The van der Waals surface area contributed by atoms with Crippen LogP contribution in [0.3, 0.4) is 0 Å². The van der Waals surface area contributed by atoms with E-state index in [2.05, 4.69) is 0 Å². The number of rotatable bonds is 14. The van der Waals surface area contributed by atoms with Gasteiger partial charge < -0.3 is 56.8 Å². The summed E-state index contributed by atoms with van der Waals surface area (Å²) < 4.78 is 66.7. The Hall–Kier alpha value is -4.40. The molecule has 0 amide bonds. The van der Waals surface area contributed by atoms with Gasteiger partial charge in [-0.3, -0.25) is 33.6 Å². The standard InChI is InChI=1S/C32H46O20/c1-14(33)41-11-21-24(44-16(3)35)26(45-17(4)36)29(48-20(7)39)31(50-21)51-25-22(12-42-15(2)34)49-30(43-13-23(40)52-32(8,9)10)28(47-19(6)38)27(25)46-18(5)37/h21-22,24-31H,11-13H2,1-10H3/t21-,22-,24-,25-,26+,27+,28-,29-,30+,31+/m1/s1. The average molecular weight is 751 g/mol. The van der Waals surface area contributed by atoms with Crippen LogP contribution in [0, 0.1) is 0 Å². The van der Waals surface area contributed by atoms with Crippen molar-refractivity contribution in [1.82, 2.24) is 0 Å². The lowest BCUT2D eigenvalue weighted by Gasteiger charge is -2.48. The lowest BCUT2D eigenvalue weighted by Crippen LogP contribution is -2.67. The fourth-order valence-electron chi connectivity index (χ4n) is 5.13. The molecule has 2 fully saturated rings. The third-order valence-corrected chi connectivity index (χ3v) is 6.67. The Morgan fingerprint density at radius 3 is 1.27 bits per heavy atom. The summed E-state index contributed by atoms with van der Waals surface area (Å²) in [5.74, 6) is -6.98. The first-order valence-corrected chi connectivity index (χ1v) is 16.0. The summed E-state index contributed by atoms with van der Waals surface area (Å²) >= 11 is 0. The van der Waals surface area contributed by atoms with Gasteiger partial charge in [-0.25, -0.2) is 4.79 Å². The summed E-state index contributed by atoms with van der Waals surface area (Å²) in [5, 5.41) is 0. The van der Waals surface area contributed by atoms with Gasteiger partial charge in [-0.2, -0.15) is 0 Å². The monoisotopic (exact) mass is 750 g/mol. The molecule has 0 unspecified atom stereocenters. The second kappa shape index (κ2) is 19.4. The Labute approximate surface area is 299 Å². The first-order valence-electron chi connectivity index (χ1n) is 16.0. The van der Waals surface area contributed by atoms with Crippen molar-refractivity contribution in [3.05, 3.63) is 0 Å². The second-order valence-corrected chi connectivity index (χ2v) is 12.6. The maximum Gasteiger partial charge on any atom is 0.332 e. The van der Waals surface area contributed by atoms with E-state index in [0.29, 0.717) is 0 Å². The lowest BCUT2D eigenvalue weighted by atomic mass is 9.96. The number of carbonyl (C=O) groups is 8. The van der Waals surface area contributed by atoms with Crippen LogP contribution in [0.15, 0.2) is 0 Å². The highest BCUT2D eigenvalue weighted by atomic mass is 16.8. The number of hydrogen-bond acceptors (Lipinski definition) is 20. The van der Waals surface area contributed by atoms with Crippen LogP contribution in [0.5, 0.6) is 0 Å². The third-order valence-electron chi connectivity index (χ3n) is 6.67. The highest BCUT2D eigenvalue weighted by Gasteiger charge is 2.57. The Kier molecular flexibility index (Phi) is 16.4. The van der Waals surface area contributed by atoms with Crippen LogP contribution in [0.25, 0.3) is 0 Å². The molecule has 20 heteroatoms. The van der Waals surface area contributed by atoms with Crippen molar-refractivity contribution in [2.24, 2.45) is 0 Å². The summed E-state index contributed by atoms with van der Waals surface area (Å²) in [4.78, 5) is 97.8. The van der Waals surface area contributed by atoms with E-state index in [9.17, 15) is 38.4 Å². The van der Waals surface area contributed by atoms with Crippen LogP contribution in [-0.4, -0.2) is 135 Å². The van der Waals surface area contributed by atoms with E-state index in [1.807, 2.05) is 0 Å². The van der Waals surface area contributed by atoms with Crippen molar-refractivity contribution in [3.8, 4) is 0 Å². The first-order chi connectivity index (χ1) is 24.1. The largest absolute Gasteiger partial charge is 0.463 e. The van der Waals surface area contributed by atoms with Crippen LogP contribution in [0.2, 0.25) is 0 Å². The van der Waals surface area contributed by atoms with Gasteiger partial charge in [-0.15, -0.1) is 0 Å². The molecule has 294 valence electrons. The van der Waals surface area contributed by atoms with Crippen molar-refractivity contribution >= 4 is 47.8 Å². The molecule has 0 aromatic heterocycles. The van der Waals surface area contributed by atoms with E-state index in [0.717, 1.165) is 48.5 Å². The molecule has 52 heavy (non-hydrogen) atoms. The minimum absolute atomic E-state index is 0.597. The van der Waals surface area contributed by atoms with Crippen LogP contribution in [-0.2, 0) is 95.2 Å². The fraction of sp³-hybridized carbons (Fsp3) is 0.750. The molecule has 0 spiro atoms. The summed E-state index contributed by atoms with van der Waals surface area (Å²) in [6.45, 7) is 10.2. The van der Waals surface area contributed by atoms with E-state index in [-0.39, 0.29) is 0 Å². The van der Waals surface area contributed by atoms with Gasteiger partial charge in [0.2, 0.25) is 0 Å². The van der Waals surface area contributed by atoms with Gasteiger partial charge in [0.1, 0.15) is 43.7 Å². The normalized spacial score (nSPS) is 28.7. The number of hydrogen-bond donors (Lipinski definition) is 0. The Morgan fingerprint density at radius 1 is 0.481 bits per heavy atom. The zero-order valence-electron chi connectivity index (χ0n) is 30.6. The van der Waals surface area contributed by atoms with Crippen LogP contribution in [0.4, 0.5) is 0 Å². The van der Waals surface area contributed by atoms with Crippen molar-refractivity contribution in [2.45, 2.75) is 136 Å². The third kappa shape index (κ3) is 14.3. The molecule has 2 aliphatic rings. The maximum atomic E-state index is 12.5. The molecule has 0 aliphatic carbocycles. The predicted molar refractivity (Wildman–Crippen MR) is 165 cm³/mol. The number of esters is 8. The summed E-state index contributed by atoms with van der Waals surface area (Å²) in [6.07, 6.45) is -16.4. The fourth-order valence-corrected chi connectivity index (χ4v) is 5.13. The maximum absolute atomic E-state index is 12.5. The minimum atomic E-state index is -1.84. The number of ether oxygens (including phenoxy) is 12. The molecule has 0 N–H and O–H groups in total. The first kappa shape index (κ1) is 43.8. The average Bonchev–Trinajstić information content (AvgIpc) is 2.97.